The number of nitrogens with zero attached hydrogens (tertiary/aromatic N) is 3. The lowest BCUT2D eigenvalue weighted by Gasteiger charge is -2.37. The fourth-order valence-electron chi connectivity index (χ4n) is 3.14. The van der Waals surface area contributed by atoms with Crippen LogP contribution in [0.1, 0.15) is 25.1 Å². The Kier molecular flexibility index (Phi) is 7.09. The van der Waals surface area contributed by atoms with Gasteiger partial charge in [0.05, 0.1) is 0 Å². The van der Waals surface area contributed by atoms with Gasteiger partial charge in [-0.05, 0) is 36.1 Å². The number of hydrogen-bond donors (Lipinski definition) is 1. The maximum Gasteiger partial charge on any atom is 0.243 e. The minimum Gasteiger partial charge on any atom is -0.356 e. The van der Waals surface area contributed by atoms with Gasteiger partial charge in [0.1, 0.15) is 6.54 Å². The van der Waals surface area contributed by atoms with E-state index < -0.39 is 0 Å². The predicted octanol–water partition coefficient (Wildman–Crippen LogP) is 2.30. The molecule has 0 aliphatic carbocycles. The van der Waals surface area contributed by atoms with Crippen molar-refractivity contribution in [2.45, 2.75) is 26.7 Å². The number of carbonyl (C=O) groups excluding carboxylic acids is 1. The Morgan fingerprint density at radius 3 is 2.67 bits per heavy atom. The van der Waals surface area contributed by atoms with Crippen molar-refractivity contribution in [1.29, 1.82) is 0 Å². The van der Waals surface area contributed by atoms with Gasteiger partial charge in [-0.25, -0.2) is 4.99 Å². The molecule has 1 fully saturated rings. The van der Waals surface area contributed by atoms with Crippen LogP contribution < -0.4 is 5.32 Å². The summed E-state index contributed by atoms with van der Waals surface area (Å²) in [5.74, 6) is 2.22. The second kappa shape index (κ2) is 9.06. The van der Waals surface area contributed by atoms with E-state index >= 15 is 0 Å². The van der Waals surface area contributed by atoms with Gasteiger partial charge in [0, 0.05) is 38.6 Å². The van der Waals surface area contributed by atoms with Crippen LogP contribution in [0.25, 0.3) is 0 Å². The molecule has 0 saturated carbocycles. The lowest BCUT2D eigenvalue weighted by atomic mass is 9.92. The summed E-state index contributed by atoms with van der Waals surface area (Å²) in [6.07, 6.45) is 2.24. The van der Waals surface area contributed by atoms with Crippen molar-refractivity contribution in [2.75, 3.05) is 40.3 Å². The van der Waals surface area contributed by atoms with Crippen LogP contribution in [0.2, 0.25) is 0 Å². The molecule has 1 aromatic heterocycles. The smallest absolute Gasteiger partial charge is 0.243 e. The monoisotopic (exact) mass is 350 g/mol. The number of likely N-dealkylation sites (N-methyl/N-ethyl adjacent to an activating group) is 1. The fourth-order valence-corrected chi connectivity index (χ4v) is 3.85. The van der Waals surface area contributed by atoms with E-state index in [4.69, 9.17) is 0 Å². The van der Waals surface area contributed by atoms with Crippen LogP contribution in [-0.4, -0.2) is 61.9 Å². The molecule has 5 nitrogen and oxygen atoms in total. The Hall–Kier alpha value is -1.56. The summed E-state index contributed by atoms with van der Waals surface area (Å²) in [5, 5.41) is 5.58. The first-order valence-electron chi connectivity index (χ1n) is 8.71. The number of rotatable bonds is 5. The van der Waals surface area contributed by atoms with Crippen LogP contribution in [-0.2, 0) is 11.2 Å². The molecule has 6 heteroatoms. The molecular weight excluding hydrogens is 320 g/mol. The molecule has 2 atom stereocenters. The summed E-state index contributed by atoms with van der Waals surface area (Å²) < 4.78 is 0. The number of nitrogens with one attached hydrogen (secondary N) is 1. The molecule has 24 heavy (non-hydrogen) atoms. The first-order valence-corrected chi connectivity index (χ1v) is 9.59. The van der Waals surface area contributed by atoms with Gasteiger partial charge in [-0.15, -0.1) is 11.3 Å². The highest BCUT2D eigenvalue weighted by molar-refractivity contribution is 7.09. The third-order valence-electron chi connectivity index (χ3n) is 4.27. The van der Waals surface area contributed by atoms with Crippen molar-refractivity contribution < 1.29 is 4.79 Å². The Morgan fingerprint density at radius 1 is 1.38 bits per heavy atom. The van der Waals surface area contributed by atoms with E-state index in [9.17, 15) is 4.79 Å². The third kappa shape index (κ3) is 5.82. The highest BCUT2D eigenvalue weighted by atomic mass is 32.1. The number of aliphatic imine (C=N–C) groups is 1. The minimum absolute atomic E-state index is 0.0330. The minimum atomic E-state index is 0.0330. The predicted molar refractivity (Wildman–Crippen MR) is 102 cm³/mol. The molecule has 1 aliphatic heterocycles. The third-order valence-corrected chi connectivity index (χ3v) is 5.20. The number of carbonyl (C=O) groups is 1. The molecule has 2 unspecified atom stereocenters. The van der Waals surface area contributed by atoms with Crippen LogP contribution in [0.4, 0.5) is 0 Å². The fraction of sp³-hybridized carbons (Fsp3) is 0.667. The van der Waals surface area contributed by atoms with Crippen molar-refractivity contribution in [3.05, 3.63) is 22.4 Å². The second-order valence-corrected chi connectivity index (χ2v) is 8.07. The first kappa shape index (κ1) is 18.8. The molecule has 0 aromatic carbocycles. The topological polar surface area (TPSA) is 47.9 Å². The lowest BCUT2D eigenvalue weighted by Crippen LogP contribution is -2.49. The summed E-state index contributed by atoms with van der Waals surface area (Å²) in [5.41, 5.74) is 0. The summed E-state index contributed by atoms with van der Waals surface area (Å²) in [6, 6.07) is 4.24. The van der Waals surface area contributed by atoms with E-state index in [2.05, 4.69) is 46.6 Å². The molecule has 0 bridgehead atoms. The van der Waals surface area contributed by atoms with Gasteiger partial charge in [0.25, 0.3) is 0 Å². The van der Waals surface area contributed by atoms with Crippen LogP contribution in [0.3, 0.4) is 0 Å². The van der Waals surface area contributed by atoms with E-state index in [1.807, 2.05) is 0 Å². The molecule has 1 aliphatic rings. The van der Waals surface area contributed by atoms with Gasteiger partial charge in [-0.3, -0.25) is 4.79 Å². The molecule has 0 spiro atoms. The standard InChI is InChI=1S/C18H30N4OS/c1-14-10-15(2)13-22(12-14)18(20-11-17(23)21(3)4)19-8-7-16-6-5-9-24-16/h5-6,9,14-15H,7-8,10-13H2,1-4H3,(H,19,20). The van der Waals surface area contributed by atoms with Crippen molar-refractivity contribution in [1.82, 2.24) is 15.1 Å². The van der Waals surface area contributed by atoms with Gasteiger partial charge < -0.3 is 15.1 Å². The number of likely N-dealkylation sites (tertiary alicyclic amines) is 1. The summed E-state index contributed by atoms with van der Waals surface area (Å²) in [4.78, 5) is 21.8. The maximum atomic E-state index is 11.9. The largest absolute Gasteiger partial charge is 0.356 e. The number of guanidine groups is 1. The van der Waals surface area contributed by atoms with E-state index in [0.717, 1.165) is 32.0 Å². The van der Waals surface area contributed by atoms with Crippen molar-refractivity contribution in [2.24, 2.45) is 16.8 Å². The normalized spacial score (nSPS) is 21.7. The summed E-state index contributed by atoms with van der Waals surface area (Å²) in [6.45, 7) is 7.63. The Labute approximate surface area is 149 Å². The lowest BCUT2D eigenvalue weighted by molar-refractivity contribution is -0.127. The van der Waals surface area contributed by atoms with Gasteiger partial charge in [0.2, 0.25) is 5.91 Å². The zero-order valence-electron chi connectivity index (χ0n) is 15.3. The SMILES string of the molecule is CC1CC(C)CN(C(=NCC(=O)N(C)C)NCCc2cccs2)C1. The van der Waals surface area contributed by atoms with Crippen LogP contribution in [0.5, 0.6) is 0 Å². The maximum absolute atomic E-state index is 11.9. The van der Waals surface area contributed by atoms with E-state index in [1.165, 1.54) is 11.3 Å². The highest BCUT2D eigenvalue weighted by Crippen LogP contribution is 2.21. The average molecular weight is 351 g/mol. The number of hydrogen-bond acceptors (Lipinski definition) is 3. The van der Waals surface area contributed by atoms with E-state index in [0.29, 0.717) is 11.8 Å². The molecule has 1 N–H and O–H groups in total. The molecule has 0 radical (unpaired) electrons. The first-order chi connectivity index (χ1) is 11.5. The second-order valence-electron chi connectivity index (χ2n) is 7.04. The number of thiophene rings is 1. The number of piperidine rings is 1. The quantitative estimate of drug-likeness (QED) is 0.655. The van der Waals surface area contributed by atoms with Gasteiger partial charge >= 0.3 is 0 Å². The molecular formula is C18H30N4OS. The molecule has 134 valence electrons. The van der Waals surface area contributed by atoms with Gasteiger partial charge in [-0.1, -0.05) is 19.9 Å². The zero-order valence-corrected chi connectivity index (χ0v) is 16.1. The Morgan fingerprint density at radius 2 is 2.08 bits per heavy atom. The van der Waals surface area contributed by atoms with Crippen molar-refractivity contribution >= 4 is 23.2 Å². The summed E-state index contributed by atoms with van der Waals surface area (Å²) >= 11 is 1.78. The molecule has 1 aromatic rings. The van der Waals surface area contributed by atoms with Crippen LogP contribution in [0.15, 0.2) is 22.5 Å². The average Bonchev–Trinajstić information content (AvgIpc) is 3.02. The summed E-state index contributed by atoms with van der Waals surface area (Å²) in [7, 11) is 3.54. The van der Waals surface area contributed by atoms with Crippen LogP contribution >= 0.6 is 11.3 Å². The van der Waals surface area contributed by atoms with Crippen molar-refractivity contribution in [3.63, 3.8) is 0 Å². The van der Waals surface area contributed by atoms with Gasteiger partial charge in [-0.2, -0.15) is 0 Å². The highest BCUT2D eigenvalue weighted by Gasteiger charge is 2.24. The molecule has 1 amide bonds. The van der Waals surface area contributed by atoms with Gasteiger partial charge in [0.15, 0.2) is 5.96 Å². The van der Waals surface area contributed by atoms with E-state index in [-0.39, 0.29) is 12.5 Å². The number of amides is 1. The molecule has 2 rings (SSSR count). The van der Waals surface area contributed by atoms with Crippen LogP contribution in [0, 0.1) is 11.8 Å². The Bertz CT molecular complexity index is 531. The van der Waals surface area contributed by atoms with Crippen molar-refractivity contribution in [3.8, 4) is 0 Å². The molecule has 2 heterocycles. The van der Waals surface area contributed by atoms with E-state index in [1.54, 1.807) is 30.3 Å². The molecule has 1 saturated heterocycles. The zero-order chi connectivity index (χ0) is 17.5. The Balaban J connectivity index is 1.99.